The third kappa shape index (κ3) is 5.45. The molecule has 1 heterocycles. The quantitative estimate of drug-likeness (QED) is 0.302. The van der Waals surface area contributed by atoms with Crippen LogP contribution >= 0.6 is 12.0 Å². The van der Waals surface area contributed by atoms with Gasteiger partial charge < -0.3 is 9.84 Å². The lowest BCUT2D eigenvalue weighted by Crippen LogP contribution is -2.35. The Labute approximate surface area is 82.0 Å². The van der Waals surface area contributed by atoms with E-state index >= 15 is 0 Å². The van der Waals surface area contributed by atoms with Gasteiger partial charge in [0.15, 0.2) is 0 Å². The normalized spacial score (nSPS) is 21.7. The van der Waals surface area contributed by atoms with Gasteiger partial charge in [0.05, 0.1) is 32.4 Å². The van der Waals surface area contributed by atoms with Crippen molar-refractivity contribution >= 4 is 12.0 Å². The van der Waals surface area contributed by atoms with Crippen molar-refractivity contribution in [3.05, 3.63) is 0 Å². The van der Waals surface area contributed by atoms with Crippen molar-refractivity contribution in [2.24, 2.45) is 0 Å². The Morgan fingerprint density at radius 3 is 2.85 bits per heavy atom. The highest BCUT2D eigenvalue weighted by Crippen LogP contribution is 2.08. The van der Waals surface area contributed by atoms with Gasteiger partial charge in [0.1, 0.15) is 0 Å². The van der Waals surface area contributed by atoms with Crippen molar-refractivity contribution in [1.82, 2.24) is 5.06 Å². The van der Waals surface area contributed by atoms with E-state index in [-0.39, 0.29) is 6.10 Å². The molecular weight excluding hydrogens is 194 g/mol. The lowest BCUT2D eigenvalue weighted by Gasteiger charge is -2.23. The summed E-state index contributed by atoms with van der Waals surface area (Å²) in [5.74, 6) is 0.504. The first kappa shape index (κ1) is 11.2. The summed E-state index contributed by atoms with van der Waals surface area (Å²) in [5.41, 5.74) is 0. The predicted molar refractivity (Wildman–Crippen MR) is 48.7 cm³/mol. The van der Waals surface area contributed by atoms with Gasteiger partial charge in [0.25, 0.3) is 0 Å². The zero-order valence-corrected chi connectivity index (χ0v) is 8.46. The highest BCUT2D eigenvalue weighted by Gasteiger charge is 2.11. The van der Waals surface area contributed by atoms with E-state index in [4.69, 9.17) is 19.2 Å². The van der Waals surface area contributed by atoms with Gasteiger partial charge in [0.2, 0.25) is 0 Å². The molecule has 0 spiro atoms. The molecule has 0 aromatic rings. The van der Waals surface area contributed by atoms with Crippen LogP contribution in [0.25, 0.3) is 0 Å². The minimum absolute atomic E-state index is 0.377. The fourth-order valence-corrected chi connectivity index (χ4v) is 1.19. The molecule has 1 saturated heterocycles. The average Bonchev–Trinajstić information content (AvgIpc) is 2.14. The first-order valence-electron chi connectivity index (χ1n) is 4.26. The Hall–Kier alpha value is 0.150. The van der Waals surface area contributed by atoms with Crippen LogP contribution < -0.4 is 0 Å². The first-order valence-corrected chi connectivity index (χ1v) is 5.17. The molecule has 1 aliphatic heterocycles. The third-order valence-electron chi connectivity index (χ3n) is 1.46. The topological polar surface area (TPSA) is 51.2 Å². The molecule has 1 N–H and O–H groups in total. The standard InChI is InChI=1S/C7H15NO4S/c1-7(9)6-13-12-11-8-2-4-10-5-3-8/h7,9H,2-6H2,1H3. The molecule has 0 radical (unpaired) electrons. The van der Waals surface area contributed by atoms with E-state index in [2.05, 4.69) is 0 Å². The summed E-state index contributed by atoms with van der Waals surface area (Å²) in [6, 6.07) is 0. The van der Waals surface area contributed by atoms with Crippen molar-refractivity contribution in [2.45, 2.75) is 13.0 Å². The number of ether oxygens (including phenoxy) is 1. The Bertz CT molecular complexity index is 130. The maximum Gasteiger partial charge on any atom is 0.0626 e. The third-order valence-corrected chi connectivity index (χ3v) is 2.24. The molecule has 13 heavy (non-hydrogen) atoms. The lowest BCUT2D eigenvalue weighted by atomic mass is 10.5. The summed E-state index contributed by atoms with van der Waals surface area (Å²) in [6.07, 6.45) is -0.377. The Balaban J connectivity index is 1.92. The molecular formula is C7H15NO4S. The molecule has 0 aliphatic carbocycles. The Morgan fingerprint density at radius 1 is 1.54 bits per heavy atom. The van der Waals surface area contributed by atoms with Crippen LogP contribution in [0.1, 0.15) is 6.92 Å². The molecule has 0 amide bonds. The zero-order chi connectivity index (χ0) is 9.52. The van der Waals surface area contributed by atoms with Crippen molar-refractivity contribution in [1.29, 1.82) is 0 Å². The second kappa shape index (κ2) is 6.58. The van der Waals surface area contributed by atoms with E-state index < -0.39 is 0 Å². The number of hydrogen-bond donors (Lipinski definition) is 1. The number of hydrogen-bond acceptors (Lipinski definition) is 6. The van der Waals surface area contributed by atoms with Gasteiger partial charge in [-0.15, -0.1) is 9.32 Å². The highest BCUT2D eigenvalue weighted by molar-refractivity contribution is 7.94. The second-order valence-corrected chi connectivity index (χ2v) is 3.52. The largest absolute Gasteiger partial charge is 0.392 e. The number of nitrogens with zero attached hydrogens (tertiary/aromatic N) is 1. The molecule has 78 valence electrons. The maximum atomic E-state index is 8.90. The van der Waals surface area contributed by atoms with Crippen molar-refractivity contribution < 1.29 is 19.2 Å². The number of hydroxylamine groups is 2. The second-order valence-electron chi connectivity index (χ2n) is 2.82. The summed E-state index contributed by atoms with van der Waals surface area (Å²) < 4.78 is 9.93. The molecule has 1 atom stereocenters. The van der Waals surface area contributed by atoms with Crippen LogP contribution in [-0.2, 0) is 14.1 Å². The zero-order valence-electron chi connectivity index (χ0n) is 7.64. The van der Waals surface area contributed by atoms with E-state index in [1.165, 1.54) is 0 Å². The first-order chi connectivity index (χ1) is 6.29. The Morgan fingerprint density at radius 2 is 2.23 bits per heavy atom. The number of aliphatic hydroxyl groups is 1. The van der Waals surface area contributed by atoms with Gasteiger partial charge in [-0.3, -0.25) is 0 Å². The molecule has 5 nitrogen and oxygen atoms in total. The predicted octanol–water partition coefficient (Wildman–Crippen LogP) is 0.211. The van der Waals surface area contributed by atoms with Gasteiger partial charge >= 0.3 is 0 Å². The summed E-state index contributed by atoms with van der Waals surface area (Å²) >= 11 is 1.10. The molecule has 0 aromatic carbocycles. The van der Waals surface area contributed by atoms with E-state index in [1.54, 1.807) is 12.0 Å². The lowest BCUT2D eigenvalue weighted by molar-refractivity contribution is -0.370. The minimum atomic E-state index is -0.377. The van der Waals surface area contributed by atoms with E-state index in [0.29, 0.717) is 19.0 Å². The summed E-state index contributed by atoms with van der Waals surface area (Å²) in [4.78, 5) is 4.94. The summed E-state index contributed by atoms with van der Waals surface area (Å²) in [7, 11) is 0. The van der Waals surface area contributed by atoms with E-state index in [1.807, 2.05) is 0 Å². The molecule has 0 bridgehead atoms. The molecule has 1 unspecified atom stereocenters. The number of aliphatic hydroxyl groups excluding tert-OH is 1. The summed E-state index contributed by atoms with van der Waals surface area (Å²) in [5, 5.41) is 10.6. The molecule has 1 aliphatic rings. The molecule has 1 fully saturated rings. The van der Waals surface area contributed by atoms with E-state index in [9.17, 15) is 0 Å². The van der Waals surface area contributed by atoms with Crippen LogP contribution in [0, 0.1) is 0 Å². The monoisotopic (exact) mass is 209 g/mol. The van der Waals surface area contributed by atoms with Crippen molar-refractivity contribution in [3.63, 3.8) is 0 Å². The van der Waals surface area contributed by atoms with Gasteiger partial charge in [-0.25, -0.2) is 0 Å². The van der Waals surface area contributed by atoms with Crippen LogP contribution in [0.15, 0.2) is 0 Å². The molecule has 0 aromatic heterocycles. The van der Waals surface area contributed by atoms with Gasteiger partial charge in [-0.2, -0.15) is 5.06 Å². The van der Waals surface area contributed by atoms with Crippen LogP contribution in [0.2, 0.25) is 0 Å². The van der Waals surface area contributed by atoms with Crippen LogP contribution in [-0.4, -0.2) is 48.3 Å². The maximum absolute atomic E-state index is 8.90. The van der Waals surface area contributed by atoms with Crippen LogP contribution in [0.4, 0.5) is 0 Å². The number of morpholine rings is 1. The number of rotatable bonds is 5. The molecule has 0 saturated carbocycles. The fourth-order valence-electron chi connectivity index (χ4n) is 0.812. The summed E-state index contributed by atoms with van der Waals surface area (Å²) in [6.45, 7) is 4.48. The van der Waals surface area contributed by atoms with Gasteiger partial charge in [-0.1, -0.05) is 0 Å². The Kier molecular flexibility index (Phi) is 5.68. The van der Waals surface area contributed by atoms with Gasteiger partial charge in [0, 0.05) is 17.8 Å². The van der Waals surface area contributed by atoms with Crippen LogP contribution in [0.5, 0.6) is 0 Å². The smallest absolute Gasteiger partial charge is 0.0626 e. The molecule has 1 rings (SSSR count). The van der Waals surface area contributed by atoms with Gasteiger partial charge in [-0.05, 0) is 6.92 Å². The molecule has 6 heteroatoms. The average molecular weight is 209 g/mol. The van der Waals surface area contributed by atoms with Crippen molar-refractivity contribution in [3.8, 4) is 0 Å². The highest BCUT2D eigenvalue weighted by atomic mass is 32.2. The fraction of sp³-hybridized carbons (Fsp3) is 1.00. The van der Waals surface area contributed by atoms with E-state index in [0.717, 1.165) is 25.1 Å². The van der Waals surface area contributed by atoms with Crippen LogP contribution in [0.3, 0.4) is 0 Å². The SMILES string of the molecule is CC(O)CSOON1CCOCC1. The minimum Gasteiger partial charge on any atom is -0.392 e. The van der Waals surface area contributed by atoms with Crippen molar-refractivity contribution in [2.75, 3.05) is 32.1 Å².